The van der Waals surface area contributed by atoms with Crippen molar-refractivity contribution in [2.24, 2.45) is 0 Å². The van der Waals surface area contributed by atoms with Crippen molar-refractivity contribution < 1.29 is 19.0 Å². The Balaban J connectivity index is 1.63. The van der Waals surface area contributed by atoms with E-state index in [1.165, 1.54) is 0 Å². The number of hydrogen-bond donors (Lipinski definition) is 1. The Bertz CT molecular complexity index is 777. The molecular formula is C19H24N4O4. The number of nitrogens with zero attached hydrogens (tertiary/aromatic N) is 3. The number of carbonyl (C=O) groups excluding carboxylic acids is 1. The fourth-order valence-corrected chi connectivity index (χ4v) is 2.97. The van der Waals surface area contributed by atoms with Gasteiger partial charge in [-0.05, 0) is 19.8 Å². The molecule has 2 amide bonds. The molecule has 1 atom stereocenters. The van der Waals surface area contributed by atoms with Gasteiger partial charge in [0.15, 0.2) is 0 Å². The van der Waals surface area contributed by atoms with Crippen molar-refractivity contribution in [3.63, 3.8) is 0 Å². The van der Waals surface area contributed by atoms with Gasteiger partial charge in [-0.1, -0.05) is 0 Å². The van der Waals surface area contributed by atoms with Gasteiger partial charge in [-0.3, -0.25) is 0 Å². The van der Waals surface area contributed by atoms with Crippen molar-refractivity contribution in [1.29, 1.82) is 0 Å². The topological polar surface area (TPSA) is 85.8 Å². The molecular weight excluding hydrogens is 348 g/mol. The summed E-state index contributed by atoms with van der Waals surface area (Å²) >= 11 is 0. The first-order valence-corrected chi connectivity index (χ1v) is 8.82. The van der Waals surface area contributed by atoms with E-state index in [0.29, 0.717) is 42.0 Å². The largest absolute Gasteiger partial charge is 0.497 e. The van der Waals surface area contributed by atoms with Crippen molar-refractivity contribution in [2.45, 2.75) is 25.9 Å². The molecule has 1 aliphatic heterocycles. The van der Waals surface area contributed by atoms with E-state index in [-0.39, 0.29) is 12.1 Å². The lowest BCUT2D eigenvalue weighted by Crippen LogP contribution is -2.46. The monoisotopic (exact) mass is 372 g/mol. The number of aromatic nitrogens is 2. The van der Waals surface area contributed by atoms with Gasteiger partial charge in [0.1, 0.15) is 23.4 Å². The summed E-state index contributed by atoms with van der Waals surface area (Å²) in [6.07, 6.45) is 3.31. The molecule has 8 nitrogen and oxygen atoms in total. The molecule has 144 valence electrons. The van der Waals surface area contributed by atoms with E-state index >= 15 is 0 Å². The number of piperidine rings is 1. The van der Waals surface area contributed by atoms with Crippen molar-refractivity contribution in [3.8, 4) is 17.4 Å². The van der Waals surface area contributed by atoms with Crippen molar-refractivity contribution in [2.75, 3.05) is 32.6 Å². The molecule has 8 heteroatoms. The van der Waals surface area contributed by atoms with Crippen molar-refractivity contribution in [3.05, 3.63) is 36.3 Å². The van der Waals surface area contributed by atoms with Crippen LogP contribution in [0.2, 0.25) is 0 Å². The fraction of sp³-hybridized carbons (Fsp3) is 0.421. The van der Waals surface area contributed by atoms with Gasteiger partial charge in [-0.15, -0.1) is 0 Å². The molecule has 0 radical (unpaired) electrons. The van der Waals surface area contributed by atoms with Crippen LogP contribution in [-0.4, -0.2) is 54.3 Å². The molecule has 1 unspecified atom stereocenters. The maximum Gasteiger partial charge on any atom is 0.321 e. The number of hydrogen-bond acceptors (Lipinski definition) is 6. The number of methoxy groups -OCH3 is 2. The third-order valence-corrected chi connectivity index (χ3v) is 4.31. The zero-order valence-corrected chi connectivity index (χ0v) is 15.8. The van der Waals surface area contributed by atoms with E-state index in [1.54, 1.807) is 49.6 Å². The zero-order chi connectivity index (χ0) is 19.2. The smallest absolute Gasteiger partial charge is 0.321 e. The highest BCUT2D eigenvalue weighted by atomic mass is 16.5. The first-order valence-electron chi connectivity index (χ1n) is 8.82. The molecule has 1 fully saturated rings. The molecule has 0 saturated carbocycles. The van der Waals surface area contributed by atoms with Crippen LogP contribution in [0.3, 0.4) is 0 Å². The van der Waals surface area contributed by atoms with Gasteiger partial charge < -0.3 is 24.4 Å². The fourth-order valence-electron chi connectivity index (χ4n) is 2.97. The molecule has 1 aromatic carbocycles. The predicted molar refractivity (Wildman–Crippen MR) is 101 cm³/mol. The number of anilines is 1. The normalized spacial score (nSPS) is 16.6. The number of carbonyl (C=O) groups is 1. The first kappa shape index (κ1) is 18.8. The van der Waals surface area contributed by atoms with Crippen LogP contribution in [0.1, 0.15) is 18.7 Å². The van der Waals surface area contributed by atoms with Crippen LogP contribution in [0.5, 0.6) is 17.4 Å². The lowest BCUT2D eigenvalue weighted by molar-refractivity contribution is 0.102. The molecule has 2 aromatic rings. The lowest BCUT2D eigenvalue weighted by atomic mass is 10.1. The second-order valence-corrected chi connectivity index (χ2v) is 6.30. The van der Waals surface area contributed by atoms with Crippen LogP contribution in [0.15, 0.2) is 30.5 Å². The molecule has 27 heavy (non-hydrogen) atoms. The molecule has 2 heterocycles. The van der Waals surface area contributed by atoms with Crippen molar-refractivity contribution in [1.82, 2.24) is 14.9 Å². The van der Waals surface area contributed by atoms with E-state index in [4.69, 9.17) is 14.2 Å². The molecule has 1 N–H and O–H groups in total. The summed E-state index contributed by atoms with van der Waals surface area (Å²) in [4.78, 5) is 22.7. The highest BCUT2D eigenvalue weighted by Crippen LogP contribution is 2.26. The maximum absolute atomic E-state index is 12.7. The number of urea groups is 1. The summed E-state index contributed by atoms with van der Waals surface area (Å²) < 4.78 is 16.4. The van der Waals surface area contributed by atoms with Gasteiger partial charge >= 0.3 is 6.03 Å². The molecule has 3 rings (SSSR count). The Morgan fingerprint density at radius 1 is 1.22 bits per heavy atom. The third kappa shape index (κ3) is 4.99. The van der Waals surface area contributed by atoms with Gasteiger partial charge in [0.05, 0.1) is 20.8 Å². The van der Waals surface area contributed by atoms with E-state index in [9.17, 15) is 4.79 Å². The second kappa shape index (κ2) is 8.57. The van der Waals surface area contributed by atoms with Crippen LogP contribution in [0.4, 0.5) is 10.5 Å². The zero-order valence-electron chi connectivity index (χ0n) is 15.8. The standard InChI is InChI=1S/C19H24N4O4/c1-13-20-7-6-18(21-13)27-15-5-4-8-23(12-15)19(24)22-14-9-16(25-2)11-17(10-14)26-3/h6-7,9-11,15H,4-5,8,12H2,1-3H3,(H,22,24). The van der Waals surface area contributed by atoms with E-state index in [2.05, 4.69) is 15.3 Å². The molecule has 0 spiro atoms. The van der Waals surface area contributed by atoms with Crippen LogP contribution in [0, 0.1) is 6.92 Å². The number of rotatable bonds is 5. The van der Waals surface area contributed by atoms with Crippen molar-refractivity contribution >= 4 is 11.7 Å². The molecule has 1 saturated heterocycles. The summed E-state index contributed by atoms with van der Waals surface area (Å²) in [5.41, 5.74) is 0.616. The van der Waals surface area contributed by atoms with Gasteiger partial charge in [-0.25, -0.2) is 9.78 Å². The van der Waals surface area contributed by atoms with Crippen LogP contribution in [0.25, 0.3) is 0 Å². The van der Waals surface area contributed by atoms with E-state index in [0.717, 1.165) is 12.8 Å². The summed E-state index contributed by atoms with van der Waals surface area (Å²) in [6, 6.07) is 6.81. The molecule has 1 aromatic heterocycles. The Labute approximate surface area is 158 Å². The van der Waals surface area contributed by atoms with Gasteiger partial charge in [0.25, 0.3) is 0 Å². The highest BCUT2D eigenvalue weighted by Gasteiger charge is 2.25. The molecule has 0 bridgehead atoms. The predicted octanol–water partition coefficient (Wildman–Crippen LogP) is 2.88. The number of aryl methyl sites for hydroxylation is 1. The minimum Gasteiger partial charge on any atom is -0.497 e. The molecule has 1 aliphatic rings. The number of likely N-dealkylation sites (tertiary alicyclic amines) is 1. The van der Waals surface area contributed by atoms with E-state index < -0.39 is 0 Å². The number of amides is 2. The first-order chi connectivity index (χ1) is 13.1. The van der Waals surface area contributed by atoms with Gasteiger partial charge in [-0.2, -0.15) is 4.98 Å². The Morgan fingerprint density at radius 3 is 2.63 bits per heavy atom. The summed E-state index contributed by atoms with van der Waals surface area (Å²) in [7, 11) is 3.14. The van der Waals surface area contributed by atoms with E-state index in [1.807, 2.05) is 6.92 Å². The van der Waals surface area contributed by atoms with Crippen LogP contribution < -0.4 is 19.5 Å². The number of nitrogens with one attached hydrogen (secondary N) is 1. The third-order valence-electron chi connectivity index (χ3n) is 4.31. The lowest BCUT2D eigenvalue weighted by Gasteiger charge is -2.32. The SMILES string of the molecule is COc1cc(NC(=O)N2CCCC(Oc3ccnc(C)n3)C2)cc(OC)c1. The Kier molecular flexibility index (Phi) is 5.95. The maximum atomic E-state index is 12.7. The molecule has 0 aliphatic carbocycles. The Hall–Kier alpha value is -3.03. The minimum absolute atomic E-state index is 0.0985. The highest BCUT2D eigenvalue weighted by molar-refractivity contribution is 5.90. The average molecular weight is 372 g/mol. The quantitative estimate of drug-likeness (QED) is 0.869. The van der Waals surface area contributed by atoms with Crippen LogP contribution >= 0.6 is 0 Å². The number of ether oxygens (including phenoxy) is 3. The summed E-state index contributed by atoms with van der Waals surface area (Å²) in [5.74, 6) is 2.42. The minimum atomic E-state index is -0.183. The second-order valence-electron chi connectivity index (χ2n) is 6.30. The Morgan fingerprint density at radius 2 is 1.96 bits per heavy atom. The van der Waals surface area contributed by atoms with Gasteiger partial charge in [0.2, 0.25) is 5.88 Å². The van der Waals surface area contributed by atoms with Crippen LogP contribution in [-0.2, 0) is 0 Å². The summed E-state index contributed by atoms with van der Waals surface area (Å²) in [5, 5.41) is 2.90. The summed E-state index contributed by atoms with van der Waals surface area (Å²) in [6.45, 7) is 2.99. The number of benzene rings is 1. The average Bonchev–Trinajstić information content (AvgIpc) is 2.67. The van der Waals surface area contributed by atoms with Gasteiger partial charge in [0, 0.05) is 42.7 Å².